The first kappa shape index (κ1) is 21.7. The number of amides is 2. The number of aromatic nitrogens is 1. The molecule has 2 N–H and O–H groups in total. The van der Waals surface area contributed by atoms with Crippen molar-refractivity contribution in [3.8, 4) is 11.6 Å². The molecule has 4 aliphatic carbocycles. The summed E-state index contributed by atoms with van der Waals surface area (Å²) >= 11 is 0. The molecule has 8 rings (SSSR count). The van der Waals surface area contributed by atoms with Gasteiger partial charge >= 0.3 is 6.03 Å². The third kappa shape index (κ3) is 3.90. The number of nitrogens with zero attached hydrogens (tertiary/aromatic N) is 2. The van der Waals surface area contributed by atoms with E-state index in [4.69, 9.17) is 4.74 Å². The van der Waals surface area contributed by atoms with Crippen molar-refractivity contribution in [2.45, 2.75) is 87.4 Å². The average molecular weight is 474 g/mol. The molecule has 2 aliphatic heterocycles. The van der Waals surface area contributed by atoms with E-state index in [2.05, 4.69) is 27.3 Å². The molecule has 184 valence electrons. The molecule has 6 nitrogen and oxygen atoms in total. The van der Waals surface area contributed by atoms with Crippen LogP contribution in [0.4, 0.5) is 4.79 Å². The first-order valence-corrected chi connectivity index (χ1v) is 13.5. The van der Waals surface area contributed by atoms with Crippen LogP contribution in [0.1, 0.15) is 69.3 Å². The molecule has 2 amide bonds. The van der Waals surface area contributed by atoms with Crippen LogP contribution in [0.3, 0.4) is 0 Å². The maximum Gasteiger partial charge on any atom is 0.318 e. The van der Waals surface area contributed by atoms with Gasteiger partial charge in [0.05, 0.1) is 5.60 Å². The number of aliphatic hydroxyl groups is 1. The lowest BCUT2D eigenvalue weighted by Crippen LogP contribution is -2.63. The van der Waals surface area contributed by atoms with Crippen molar-refractivity contribution in [1.82, 2.24) is 15.2 Å². The molecule has 7 atom stereocenters. The molecule has 6 bridgehead atoms. The molecule has 0 radical (unpaired) electrons. The number of pyridine rings is 1. The minimum absolute atomic E-state index is 0.152. The highest BCUT2D eigenvalue weighted by molar-refractivity contribution is 5.76. The molecule has 4 saturated carbocycles. The number of ether oxygens (including phenoxy) is 1. The van der Waals surface area contributed by atoms with E-state index in [9.17, 15) is 9.90 Å². The van der Waals surface area contributed by atoms with Gasteiger partial charge in [0.25, 0.3) is 0 Å². The van der Waals surface area contributed by atoms with Crippen LogP contribution in [-0.4, -0.2) is 44.7 Å². The van der Waals surface area contributed by atoms with E-state index in [0.29, 0.717) is 41.6 Å². The predicted molar refractivity (Wildman–Crippen MR) is 132 cm³/mol. The van der Waals surface area contributed by atoms with Crippen LogP contribution >= 0.6 is 0 Å². The van der Waals surface area contributed by atoms with Gasteiger partial charge in [-0.1, -0.05) is 18.2 Å². The van der Waals surface area contributed by atoms with Gasteiger partial charge in [-0.15, -0.1) is 0 Å². The zero-order valence-electron chi connectivity index (χ0n) is 20.2. The van der Waals surface area contributed by atoms with Crippen LogP contribution in [0.5, 0.6) is 11.6 Å². The molecule has 5 unspecified atom stereocenters. The van der Waals surface area contributed by atoms with Crippen molar-refractivity contribution >= 4 is 6.03 Å². The monoisotopic (exact) mass is 473 g/mol. The second-order valence-electron chi connectivity index (χ2n) is 12.0. The minimum Gasteiger partial charge on any atom is -0.439 e. The second kappa shape index (κ2) is 8.22. The first-order valence-electron chi connectivity index (χ1n) is 13.5. The number of hydrogen-bond donors (Lipinski definition) is 2. The zero-order chi connectivity index (χ0) is 23.6. The molecule has 6 heteroatoms. The van der Waals surface area contributed by atoms with E-state index in [1.807, 2.05) is 30.3 Å². The number of piperidine rings is 1. The number of urea groups is 1. The normalized spacial score (nSPS) is 39.0. The van der Waals surface area contributed by atoms with Crippen molar-refractivity contribution in [3.05, 3.63) is 54.2 Å². The maximum atomic E-state index is 13.5. The van der Waals surface area contributed by atoms with Crippen molar-refractivity contribution in [2.75, 3.05) is 0 Å². The number of hydrogen-bond acceptors (Lipinski definition) is 4. The Morgan fingerprint density at radius 1 is 0.971 bits per heavy atom. The van der Waals surface area contributed by atoms with Gasteiger partial charge in [0.15, 0.2) is 0 Å². The largest absolute Gasteiger partial charge is 0.439 e. The molecule has 3 heterocycles. The fourth-order valence-corrected chi connectivity index (χ4v) is 8.55. The fraction of sp³-hybridized carbons (Fsp3) is 0.586. The van der Waals surface area contributed by atoms with E-state index in [0.717, 1.165) is 50.7 Å². The smallest absolute Gasteiger partial charge is 0.318 e. The van der Waals surface area contributed by atoms with Crippen molar-refractivity contribution in [2.24, 2.45) is 17.8 Å². The van der Waals surface area contributed by atoms with E-state index in [1.54, 1.807) is 6.20 Å². The quantitative estimate of drug-likeness (QED) is 0.637. The first-order chi connectivity index (χ1) is 17.0. The van der Waals surface area contributed by atoms with Crippen LogP contribution in [0.2, 0.25) is 0 Å². The van der Waals surface area contributed by atoms with Crippen molar-refractivity contribution in [1.29, 1.82) is 0 Å². The summed E-state index contributed by atoms with van der Waals surface area (Å²) in [7, 11) is 0. The Morgan fingerprint density at radius 3 is 2.31 bits per heavy atom. The Kier molecular flexibility index (Phi) is 5.09. The van der Waals surface area contributed by atoms with Gasteiger partial charge < -0.3 is 20.1 Å². The second-order valence-corrected chi connectivity index (χ2v) is 12.0. The third-order valence-electron chi connectivity index (χ3n) is 9.71. The Balaban J connectivity index is 0.998. The maximum absolute atomic E-state index is 13.5. The molecular weight excluding hydrogens is 438 g/mol. The van der Waals surface area contributed by atoms with Gasteiger partial charge in [0.2, 0.25) is 5.88 Å². The van der Waals surface area contributed by atoms with Crippen molar-refractivity contribution in [3.63, 3.8) is 0 Å². The van der Waals surface area contributed by atoms with Crippen LogP contribution in [0, 0.1) is 17.8 Å². The van der Waals surface area contributed by atoms with Gasteiger partial charge in [-0.05, 0) is 105 Å². The molecule has 6 aliphatic rings. The van der Waals surface area contributed by atoms with Crippen LogP contribution < -0.4 is 10.1 Å². The lowest BCUT2D eigenvalue weighted by molar-refractivity contribution is -0.137. The lowest BCUT2D eigenvalue weighted by Gasteiger charge is -2.58. The Labute approximate surface area is 207 Å². The summed E-state index contributed by atoms with van der Waals surface area (Å²) in [5.41, 5.74) is 0.887. The highest BCUT2D eigenvalue weighted by Gasteiger charge is 2.55. The van der Waals surface area contributed by atoms with Crippen molar-refractivity contribution < 1.29 is 14.6 Å². The van der Waals surface area contributed by atoms with Gasteiger partial charge in [0.1, 0.15) is 5.75 Å². The van der Waals surface area contributed by atoms with Crippen LogP contribution in [-0.2, 0) is 0 Å². The lowest BCUT2D eigenvalue weighted by atomic mass is 9.52. The van der Waals surface area contributed by atoms with Crippen LogP contribution in [0.15, 0.2) is 48.7 Å². The molecule has 1 aromatic heterocycles. The van der Waals surface area contributed by atoms with Crippen LogP contribution in [0.25, 0.3) is 0 Å². The summed E-state index contributed by atoms with van der Waals surface area (Å²) in [6, 6.07) is 15.1. The van der Waals surface area contributed by atoms with E-state index in [-0.39, 0.29) is 12.1 Å². The third-order valence-corrected chi connectivity index (χ3v) is 9.71. The molecule has 2 saturated heterocycles. The van der Waals surface area contributed by atoms with Gasteiger partial charge in [0, 0.05) is 30.4 Å². The summed E-state index contributed by atoms with van der Waals surface area (Å²) in [6.45, 7) is 0. The number of carbonyl (C=O) groups excluding carboxylic acids is 1. The predicted octanol–water partition coefficient (Wildman–Crippen LogP) is 5.23. The summed E-state index contributed by atoms with van der Waals surface area (Å²) in [4.78, 5) is 19.9. The number of nitrogens with one attached hydrogen (secondary N) is 1. The van der Waals surface area contributed by atoms with Gasteiger partial charge in [-0.2, -0.15) is 0 Å². The summed E-state index contributed by atoms with van der Waals surface area (Å²) in [6.07, 6.45) is 11.1. The zero-order valence-corrected chi connectivity index (χ0v) is 20.2. The minimum atomic E-state index is -0.451. The summed E-state index contributed by atoms with van der Waals surface area (Å²) < 4.78 is 5.85. The Hall–Kier alpha value is -2.60. The average Bonchev–Trinajstić information content (AvgIpc) is 3.11. The number of benzene rings is 1. The highest BCUT2D eigenvalue weighted by atomic mass is 16.5. The van der Waals surface area contributed by atoms with E-state index >= 15 is 0 Å². The fourth-order valence-electron chi connectivity index (χ4n) is 8.55. The summed E-state index contributed by atoms with van der Waals surface area (Å²) in [5.74, 6) is 3.46. The molecular formula is C29H35N3O3. The molecule has 2 aromatic rings. The number of fused-ring (bicyclic) bond motifs is 2. The topological polar surface area (TPSA) is 74.7 Å². The van der Waals surface area contributed by atoms with Gasteiger partial charge in [-0.25, -0.2) is 9.78 Å². The van der Waals surface area contributed by atoms with E-state index < -0.39 is 5.60 Å². The highest BCUT2D eigenvalue weighted by Crippen LogP contribution is 2.56. The van der Waals surface area contributed by atoms with E-state index in [1.165, 1.54) is 18.4 Å². The Bertz CT molecular complexity index is 1060. The Morgan fingerprint density at radius 2 is 1.69 bits per heavy atom. The standard InChI is InChI=1S/C29H35N3O3/c33-28(31-27-21-11-18-12-22(27)17-29(34,15-18)16-21)32-23-6-7-24(32)14-20(13-23)19-4-8-25(9-5-19)35-26-3-1-2-10-30-26/h1-5,8-10,18,20-24,27,34H,6-7,11-17H2,(H,31,33)/t18?,20?,21-,22+,23?,24?,27?,29?. The molecule has 0 spiro atoms. The van der Waals surface area contributed by atoms with Gasteiger partial charge in [-0.3, -0.25) is 0 Å². The summed E-state index contributed by atoms with van der Waals surface area (Å²) in [5, 5.41) is 14.4. The number of rotatable bonds is 4. The molecule has 35 heavy (non-hydrogen) atoms. The molecule has 6 fully saturated rings. The SMILES string of the molecule is O=C(NC1[C@@H]2CC3C[C@H]1CC(O)(C3)C2)N1C2CCC1CC(c1ccc(Oc3ccccn3)cc1)C2. The molecule has 1 aromatic carbocycles. The number of carbonyl (C=O) groups is 1.